The Hall–Kier alpha value is -0.730. The second-order valence-electron chi connectivity index (χ2n) is 4.42. The minimum atomic E-state index is -3.78. The van der Waals surface area contributed by atoms with Crippen LogP contribution in [0, 0.1) is 11.6 Å². The van der Waals surface area contributed by atoms with Gasteiger partial charge in [-0.2, -0.15) is 0 Å². The lowest BCUT2D eigenvalue weighted by atomic mass is 10.3. The van der Waals surface area contributed by atoms with Crippen molar-refractivity contribution < 1.29 is 17.2 Å². The highest BCUT2D eigenvalue weighted by molar-refractivity contribution is 9.10. The summed E-state index contributed by atoms with van der Waals surface area (Å²) in [4.78, 5) is 0. The molecule has 1 atom stereocenters. The molecular weight excluding hydrogens is 342 g/mol. The lowest BCUT2D eigenvalue weighted by Gasteiger charge is -2.13. The van der Waals surface area contributed by atoms with Crippen LogP contribution in [0.4, 0.5) is 14.5 Å². The standard InChI is InChI=1S/C11H13BrF2N2O2S/c12-7-4-9(13)11(10(14)5-7)16-19(17,18)6-8-2-1-3-15-8/h4-5,8,15-16H,1-3,6H2. The number of benzene rings is 1. The predicted octanol–water partition coefficient (Wildman–Crippen LogP) is 2.22. The van der Waals surface area contributed by atoms with Gasteiger partial charge in [-0.15, -0.1) is 0 Å². The minimum Gasteiger partial charge on any atom is -0.313 e. The summed E-state index contributed by atoms with van der Waals surface area (Å²) in [5.74, 6) is -2.09. The Morgan fingerprint density at radius 2 is 2.00 bits per heavy atom. The summed E-state index contributed by atoms with van der Waals surface area (Å²) in [6, 6.07) is 1.85. The first-order chi connectivity index (χ1) is 8.87. The van der Waals surface area contributed by atoms with Crippen molar-refractivity contribution in [1.82, 2.24) is 5.32 Å². The summed E-state index contributed by atoms with van der Waals surface area (Å²) in [5.41, 5.74) is -0.638. The maximum Gasteiger partial charge on any atom is 0.234 e. The van der Waals surface area contributed by atoms with Crippen LogP contribution in [0.3, 0.4) is 0 Å². The molecule has 1 aliphatic heterocycles. The summed E-state index contributed by atoms with van der Waals surface area (Å²) >= 11 is 2.93. The maximum absolute atomic E-state index is 13.5. The third-order valence-corrected chi connectivity index (χ3v) is 4.66. The zero-order chi connectivity index (χ0) is 14.0. The van der Waals surface area contributed by atoms with E-state index in [1.165, 1.54) is 0 Å². The molecule has 1 saturated heterocycles. The normalized spacial score (nSPS) is 19.6. The Labute approximate surface area is 118 Å². The molecule has 0 bridgehead atoms. The van der Waals surface area contributed by atoms with Gasteiger partial charge in [0, 0.05) is 10.5 Å². The van der Waals surface area contributed by atoms with Crippen LogP contribution < -0.4 is 10.0 Å². The van der Waals surface area contributed by atoms with E-state index in [2.05, 4.69) is 21.2 Å². The van der Waals surface area contributed by atoms with E-state index in [-0.39, 0.29) is 16.3 Å². The monoisotopic (exact) mass is 354 g/mol. The second-order valence-corrected chi connectivity index (χ2v) is 7.10. The third-order valence-electron chi connectivity index (χ3n) is 2.85. The molecule has 8 heteroatoms. The van der Waals surface area contributed by atoms with E-state index >= 15 is 0 Å². The maximum atomic E-state index is 13.5. The summed E-state index contributed by atoms with van der Waals surface area (Å²) in [5, 5.41) is 3.02. The molecule has 1 unspecified atom stereocenters. The molecule has 0 amide bonds. The molecule has 2 N–H and O–H groups in total. The van der Waals surface area contributed by atoms with Gasteiger partial charge < -0.3 is 5.32 Å². The van der Waals surface area contributed by atoms with E-state index in [4.69, 9.17) is 0 Å². The Morgan fingerprint density at radius 1 is 1.37 bits per heavy atom. The van der Waals surface area contributed by atoms with Gasteiger partial charge >= 0.3 is 0 Å². The number of sulfonamides is 1. The molecule has 2 rings (SSSR count). The van der Waals surface area contributed by atoms with Crippen molar-refractivity contribution in [3.8, 4) is 0 Å². The summed E-state index contributed by atoms with van der Waals surface area (Å²) in [6.07, 6.45) is 1.65. The van der Waals surface area contributed by atoms with E-state index in [9.17, 15) is 17.2 Å². The lowest BCUT2D eigenvalue weighted by molar-refractivity contribution is 0.573. The van der Waals surface area contributed by atoms with Gasteiger partial charge in [-0.25, -0.2) is 17.2 Å². The number of hydrogen-bond acceptors (Lipinski definition) is 3. The predicted molar refractivity (Wildman–Crippen MR) is 72.5 cm³/mol. The molecule has 0 spiro atoms. The Kier molecular flexibility index (Phi) is 4.42. The fraction of sp³-hybridized carbons (Fsp3) is 0.455. The van der Waals surface area contributed by atoms with Gasteiger partial charge in [0.05, 0.1) is 5.75 Å². The molecule has 0 aromatic heterocycles. The van der Waals surface area contributed by atoms with E-state index in [0.717, 1.165) is 31.5 Å². The highest BCUT2D eigenvalue weighted by Gasteiger charge is 2.24. The molecule has 4 nitrogen and oxygen atoms in total. The molecule has 0 aliphatic carbocycles. The fourth-order valence-corrected chi connectivity index (χ4v) is 3.81. The van der Waals surface area contributed by atoms with Crippen LogP contribution in [0.15, 0.2) is 16.6 Å². The molecular formula is C11H13BrF2N2O2S. The molecule has 1 aliphatic rings. The minimum absolute atomic E-state index is 0.168. The van der Waals surface area contributed by atoms with E-state index < -0.39 is 27.3 Å². The smallest absolute Gasteiger partial charge is 0.234 e. The van der Waals surface area contributed by atoms with Crippen molar-refractivity contribution in [1.29, 1.82) is 0 Å². The van der Waals surface area contributed by atoms with Crippen molar-refractivity contribution in [3.63, 3.8) is 0 Å². The average Bonchev–Trinajstić information content (AvgIpc) is 2.75. The van der Waals surface area contributed by atoms with E-state index in [1.54, 1.807) is 0 Å². The third kappa shape index (κ3) is 3.87. The van der Waals surface area contributed by atoms with Gasteiger partial charge in [-0.05, 0) is 31.5 Å². The Bertz CT molecular complexity index is 551. The van der Waals surface area contributed by atoms with Crippen molar-refractivity contribution in [3.05, 3.63) is 28.2 Å². The Morgan fingerprint density at radius 3 is 2.53 bits per heavy atom. The van der Waals surface area contributed by atoms with Gasteiger partial charge in [0.1, 0.15) is 5.69 Å². The van der Waals surface area contributed by atoms with Crippen LogP contribution in [-0.4, -0.2) is 26.8 Å². The SMILES string of the molecule is O=S(=O)(CC1CCCN1)Nc1c(F)cc(Br)cc1F. The number of rotatable bonds is 4. The highest BCUT2D eigenvalue weighted by atomic mass is 79.9. The van der Waals surface area contributed by atoms with Gasteiger partial charge in [0.2, 0.25) is 10.0 Å². The van der Waals surface area contributed by atoms with Gasteiger partial charge in [-0.3, -0.25) is 4.72 Å². The molecule has 0 saturated carbocycles. The van der Waals surface area contributed by atoms with Crippen LogP contribution in [0.25, 0.3) is 0 Å². The molecule has 19 heavy (non-hydrogen) atoms. The van der Waals surface area contributed by atoms with Crippen molar-refractivity contribution >= 4 is 31.6 Å². The Balaban J connectivity index is 2.15. The van der Waals surface area contributed by atoms with Gasteiger partial charge in [0.25, 0.3) is 0 Å². The zero-order valence-electron chi connectivity index (χ0n) is 9.92. The van der Waals surface area contributed by atoms with Crippen molar-refractivity contribution in [2.24, 2.45) is 0 Å². The fourth-order valence-electron chi connectivity index (χ4n) is 2.00. The topological polar surface area (TPSA) is 58.2 Å². The molecule has 1 fully saturated rings. The van der Waals surface area contributed by atoms with Crippen molar-refractivity contribution in [2.75, 3.05) is 17.0 Å². The first-order valence-corrected chi connectivity index (χ1v) is 8.20. The van der Waals surface area contributed by atoms with Crippen LogP contribution in [-0.2, 0) is 10.0 Å². The van der Waals surface area contributed by atoms with E-state index in [0.29, 0.717) is 0 Å². The van der Waals surface area contributed by atoms with Gasteiger partial charge in [0.15, 0.2) is 11.6 Å². The number of halogens is 3. The average molecular weight is 355 g/mol. The highest BCUT2D eigenvalue weighted by Crippen LogP contribution is 2.25. The molecule has 0 radical (unpaired) electrons. The molecule has 1 heterocycles. The largest absolute Gasteiger partial charge is 0.313 e. The number of nitrogens with one attached hydrogen (secondary N) is 2. The molecule has 1 aromatic rings. The summed E-state index contributed by atoms with van der Waals surface area (Å²) < 4.78 is 53.0. The summed E-state index contributed by atoms with van der Waals surface area (Å²) in [7, 11) is -3.78. The first kappa shape index (κ1) is 14.7. The molecule has 106 valence electrons. The molecule has 1 aromatic carbocycles. The van der Waals surface area contributed by atoms with E-state index in [1.807, 2.05) is 4.72 Å². The zero-order valence-corrected chi connectivity index (χ0v) is 12.3. The first-order valence-electron chi connectivity index (χ1n) is 5.76. The van der Waals surface area contributed by atoms with Crippen LogP contribution >= 0.6 is 15.9 Å². The van der Waals surface area contributed by atoms with Gasteiger partial charge in [-0.1, -0.05) is 15.9 Å². The quantitative estimate of drug-likeness (QED) is 0.871. The number of anilines is 1. The second kappa shape index (κ2) is 5.72. The van der Waals surface area contributed by atoms with Crippen LogP contribution in [0.5, 0.6) is 0 Å². The van der Waals surface area contributed by atoms with Crippen LogP contribution in [0.1, 0.15) is 12.8 Å². The van der Waals surface area contributed by atoms with Crippen molar-refractivity contribution in [2.45, 2.75) is 18.9 Å². The number of hydrogen-bond donors (Lipinski definition) is 2. The van der Waals surface area contributed by atoms with Crippen LogP contribution in [0.2, 0.25) is 0 Å². The lowest BCUT2D eigenvalue weighted by Crippen LogP contribution is -2.33. The summed E-state index contributed by atoms with van der Waals surface area (Å²) in [6.45, 7) is 0.765.